The highest BCUT2D eigenvalue weighted by atomic mass is 16.5. The zero-order chi connectivity index (χ0) is 13.2. The molecule has 0 aliphatic rings. The second-order valence-electron chi connectivity index (χ2n) is 4.70. The number of rotatable bonds is 3. The predicted octanol–water partition coefficient (Wildman–Crippen LogP) is 2.58. The highest BCUT2D eigenvalue weighted by molar-refractivity contribution is 5.87. The third kappa shape index (κ3) is 2.36. The van der Waals surface area contributed by atoms with E-state index in [2.05, 4.69) is 0 Å². The van der Waals surface area contributed by atoms with E-state index in [4.69, 9.17) is 10.5 Å². The molecule has 0 aliphatic carbocycles. The molecule has 2 N–H and O–H groups in total. The molecule has 18 heavy (non-hydrogen) atoms. The van der Waals surface area contributed by atoms with Crippen molar-refractivity contribution >= 4 is 16.7 Å². The monoisotopic (exact) mass is 243 g/mol. The number of fused-ring (bicyclic) bond motifs is 1. The van der Waals surface area contributed by atoms with E-state index in [-0.39, 0.29) is 12.4 Å². The number of esters is 1. The Balaban J connectivity index is 2.50. The summed E-state index contributed by atoms with van der Waals surface area (Å²) in [7, 11) is 1.38. The van der Waals surface area contributed by atoms with Crippen molar-refractivity contribution in [1.29, 1.82) is 0 Å². The zero-order valence-corrected chi connectivity index (χ0v) is 10.6. The van der Waals surface area contributed by atoms with E-state index in [1.165, 1.54) is 7.11 Å². The van der Waals surface area contributed by atoms with Gasteiger partial charge in [-0.05, 0) is 23.3 Å². The molecule has 0 amide bonds. The summed E-state index contributed by atoms with van der Waals surface area (Å²) < 4.78 is 4.70. The minimum Gasteiger partial charge on any atom is -0.469 e. The van der Waals surface area contributed by atoms with Crippen LogP contribution in [0.4, 0.5) is 0 Å². The highest BCUT2D eigenvalue weighted by Crippen LogP contribution is 2.29. The van der Waals surface area contributed by atoms with Crippen molar-refractivity contribution in [2.75, 3.05) is 7.11 Å². The number of hydrogen-bond donors (Lipinski definition) is 1. The van der Waals surface area contributed by atoms with Crippen LogP contribution in [0.15, 0.2) is 42.5 Å². The van der Waals surface area contributed by atoms with Crippen LogP contribution in [0.2, 0.25) is 0 Å². The lowest BCUT2D eigenvalue weighted by Gasteiger charge is -2.25. The molecule has 3 heteroatoms. The molecule has 3 nitrogen and oxygen atoms in total. The van der Waals surface area contributed by atoms with E-state index in [1.807, 2.05) is 49.4 Å². The van der Waals surface area contributed by atoms with Crippen molar-refractivity contribution in [2.24, 2.45) is 5.73 Å². The first-order valence-corrected chi connectivity index (χ1v) is 5.88. The third-order valence-electron chi connectivity index (χ3n) is 3.14. The molecule has 0 bridgehead atoms. The van der Waals surface area contributed by atoms with Crippen molar-refractivity contribution in [3.8, 4) is 0 Å². The van der Waals surface area contributed by atoms with Gasteiger partial charge in [0.2, 0.25) is 0 Å². The summed E-state index contributed by atoms with van der Waals surface area (Å²) in [5.74, 6) is -0.298. The third-order valence-corrected chi connectivity index (χ3v) is 3.14. The quantitative estimate of drug-likeness (QED) is 0.843. The summed E-state index contributed by atoms with van der Waals surface area (Å²) in [4.78, 5) is 11.4. The minimum absolute atomic E-state index is 0.164. The van der Waals surface area contributed by atoms with Gasteiger partial charge in [0.1, 0.15) is 0 Å². The summed E-state index contributed by atoms with van der Waals surface area (Å²) >= 11 is 0. The normalized spacial score (nSPS) is 14.2. The molecular formula is C15H17NO2. The molecule has 0 saturated heterocycles. The number of carbonyl (C=O) groups excluding carboxylic acids is 1. The molecule has 1 unspecified atom stereocenters. The standard InChI is InChI=1S/C15H17NO2/c1-15(16,10-14(17)18-2)13-9-5-7-11-6-3-4-8-12(11)13/h3-9H,10,16H2,1-2H3. The molecule has 2 rings (SSSR count). The number of carbonyl (C=O) groups is 1. The second-order valence-corrected chi connectivity index (χ2v) is 4.70. The molecule has 0 spiro atoms. The first kappa shape index (κ1) is 12.6. The van der Waals surface area contributed by atoms with Crippen molar-refractivity contribution < 1.29 is 9.53 Å². The van der Waals surface area contributed by atoms with E-state index in [1.54, 1.807) is 0 Å². The average molecular weight is 243 g/mol. The second kappa shape index (κ2) is 4.78. The minimum atomic E-state index is -0.728. The van der Waals surface area contributed by atoms with Crippen LogP contribution in [0.25, 0.3) is 10.8 Å². The molecule has 1 atom stereocenters. The lowest BCUT2D eigenvalue weighted by Crippen LogP contribution is -2.36. The van der Waals surface area contributed by atoms with Gasteiger partial charge in [-0.25, -0.2) is 0 Å². The lowest BCUT2D eigenvalue weighted by molar-refractivity contribution is -0.141. The summed E-state index contributed by atoms with van der Waals surface area (Å²) in [6, 6.07) is 14.0. The fourth-order valence-corrected chi connectivity index (χ4v) is 2.19. The Morgan fingerprint density at radius 3 is 2.61 bits per heavy atom. The van der Waals surface area contributed by atoms with Crippen molar-refractivity contribution in [1.82, 2.24) is 0 Å². The number of methoxy groups -OCH3 is 1. The number of ether oxygens (including phenoxy) is 1. The van der Waals surface area contributed by atoms with E-state index >= 15 is 0 Å². The van der Waals surface area contributed by atoms with Gasteiger partial charge in [-0.3, -0.25) is 4.79 Å². The van der Waals surface area contributed by atoms with Crippen LogP contribution in [-0.4, -0.2) is 13.1 Å². The highest BCUT2D eigenvalue weighted by Gasteiger charge is 2.26. The molecule has 0 radical (unpaired) electrons. The molecule has 0 aliphatic heterocycles. The summed E-state index contributed by atoms with van der Waals surface area (Å²) in [5, 5.41) is 2.20. The predicted molar refractivity (Wildman–Crippen MR) is 72.1 cm³/mol. The Morgan fingerprint density at radius 2 is 1.89 bits per heavy atom. The molecular weight excluding hydrogens is 226 g/mol. The molecule has 0 aromatic heterocycles. The first-order chi connectivity index (χ1) is 8.54. The van der Waals surface area contributed by atoms with Gasteiger partial charge in [-0.15, -0.1) is 0 Å². The van der Waals surface area contributed by atoms with Crippen LogP contribution < -0.4 is 5.73 Å². The molecule has 94 valence electrons. The molecule has 0 saturated carbocycles. The summed E-state index contributed by atoms with van der Waals surface area (Å²) in [6.45, 7) is 1.85. The maximum absolute atomic E-state index is 11.4. The Morgan fingerprint density at radius 1 is 1.22 bits per heavy atom. The van der Waals surface area contributed by atoms with E-state index in [0.717, 1.165) is 16.3 Å². The van der Waals surface area contributed by atoms with Crippen LogP contribution in [-0.2, 0) is 15.1 Å². The van der Waals surface area contributed by atoms with Gasteiger partial charge in [0, 0.05) is 5.54 Å². The van der Waals surface area contributed by atoms with Crippen LogP contribution in [0.1, 0.15) is 18.9 Å². The van der Waals surface area contributed by atoms with E-state index in [9.17, 15) is 4.79 Å². The van der Waals surface area contributed by atoms with Crippen LogP contribution in [0.5, 0.6) is 0 Å². The maximum Gasteiger partial charge on any atom is 0.307 e. The van der Waals surface area contributed by atoms with E-state index < -0.39 is 5.54 Å². The topological polar surface area (TPSA) is 52.3 Å². The number of nitrogens with two attached hydrogens (primary N) is 1. The summed E-state index contributed by atoms with van der Waals surface area (Å²) in [5.41, 5.74) is 6.52. The lowest BCUT2D eigenvalue weighted by atomic mass is 9.86. The van der Waals surface area contributed by atoms with Gasteiger partial charge >= 0.3 is 5.97 Å². The van der Waals surface area contributed by atoms with Crippen LogP contribution >= 0.6 is 0 Å². The Labute approximate surface area is 107 Å². The molecule has 0 fully saturated rings. The van der Waals surface area contributed by atoms with Crippen molar-refractivity contribution in [3.05, 3.63) is 48.0 Å². The van der Waals surface area contributed by atoms with Gasteiger partial charge in [0.15, 0.2) is 0 Å². The van der Waals surface area contributed by atoms with Gasteiger partial charge in [0.05, 0.1) is 13.5 Å². The Bertz CT molecular complexity index is 570. The van der Waals surface area contributed by atoms with Crippen LogP contribution in [0, 0.1) is 0 Å². The largest absolute Gasteiger partial charge is 0.469 e. The Hall–Kier alpha value is -1.87. The Kier molecular flexibility index (Phi) is 3.34. The molecule has 0 heterocycles. The maximum atomic E-state index is 11.4. The van der Waals surface area contributed by atoms with Gasteiger partial charge < -0.3 is 10.5 Å². The van der Waals surface area contributed by atoms with Crippen LogP contribution in [0.3, 0.4) is 0 Å². The number of hydrogen-bond acceptors (Lipinski definition) is 3. The van der Waals surface area contributed by atoms with Gasteiger partial charge in [-0.2, -0.15) is 0 Å². The van der Waals surface area contributed by atoms with Gasteiger partial charge in [0.25, 0.3) is 0 Å². The fourth-order valence-electron chi connectivity index (χ4n) is 2.19. The van der Waals surface area contributed by atoms with E-state index in [0.29, 0.717) is 0 Å². The van der Waals surface area contributed by atoms with Crippen molar-refractivity contribution in [3.63, 3.8) is 0 Å². The first-order valence-electron chi connectivity index (χ1n) is 5.88. The smallest absolute Gasteiger partial charge is 0.307 e. The van der Waals surface area contributed by atoms with Gasteiger partial charge in [-0.1, -0.05) is 42.5 Å². The molecule has 2 aromatic rings. The average Bonchev–Trinajstić information content (AvgIpc) is 2.37. The summed E-state index contributed by atoms with van der Waals surface area (Å²) in [6.07, 6.45) is 0.164. The fraction of sp³-hybridized carbons (Fsp3) is 0.267. The number of benzene rings is 2. The zero-order valence-electron chi connectivity index (χ0n) is 10.6. The molecule has 2 aromatic carbocycles. The SMILES string of the molecule is COC(=O)CC(C)(N)c1cccc2ccccc12. The van der Waals surface area contributed by atoms with Crippen molar-refractivity contribution in [2.45, 2.75) is 18.9 Å².